The summed E-state index contributed by atoms with van der Waals surface area (Å²) >= 11 is 7.33. The van der Waals surface area contributed by atoms with Crippen LogP contribution in [-0.2, 0) is 16.1 Å². The lowest BCUT2D eigenvalue weighted by Crippen LogP contribution is -2.32. The van der Waals surface area contributed by atoms with Crippen molar-refractivity contribution in [3.8, 4) is 0 Å². The van der Waals surface area contributed by atoms with Crippen molar-refractivity contribution in [1.29, 1.82) is 0 Å². The van der Waals surface area contributed by atoms with Gasteiger partial charge in [-0.2, -0.15) is 0 Å². The fourth-order valence-corrected chi connectivity index (χ4v) is 3.43. The van der Waals surface area contributed by atoms with E-state index >= 15 is 0 Å². The highest BCUT2D eigenvalue weighted by Gasteiger charge is 2.21. The Morgan fingerprint density at radius 3 is 2.56 bits per heavy atom. The predicted octanol–water partition coefficient (Wildman–Crippen LogP) is 4.17. The zero-order chi connectivity index (χ0) is 18.6. The first-order chi connectivity index (χ1) is 11.8. The van der Waals surface area contributed by atoms with Crippen LogP contribution in [0.5, 0.6) is 0 Å². The Morgan fingerprint density at radius 1 is 1.32 bits per heavy atom. The molecule has 134 valence electrons. The van der Waals surface area contributed by atoms with Crippen molar-refractivity contribution in [3.63, 3.8) is 0 Å². The maximum atomic E-state index is 12.5. The van der Waals surface area contributed by atoms with Gasteiger partial charge in [0.1, 0.15) is 17.1 Å². The summed E-state index contributed by atoms with van der Waals surface area (Å²) in [5.74, 6) is 0.533. The minimum atomic E-state index is -0.451. The summed E-state index contributed by atoms with van der Waals surface area (Å²) in [7, 11) is 3.02. The van der Waals surface area contributed by atoms with E-state index in [0.717, 1.165) is 4.90 Å². The second-order valence-electron chi connectivity index (χ2n) is 5.58. The number of rotatable bonds is 6. The van der Waals surface area contributed by atoms with Crippen LogP contribution < -0.4 is 0 Å². The topological polar surface area (TPSA) is 59.8 Å². The van der Waals surface area contributed by atoms with Crippen LogP contribution in [0.2, 0.25) is 5.02 Å². The number of esters is 1. The molecule has 2 rings (SSSR count). The molecule has 0 bridgehead atoms. The third-order valence-electron chi connectivity index (χ3n) is 3.62. The number of hydrogen-bond acceptors (Lipinski definition) is 5. The van der Waals surface area contributed by atoms with Crippen LogP contribution in [0.25, 0.3) is 0 Å². The van der Waals surface area contributed by atoms with E-state index in [1.807, 2.05) is 19.1 Å². The number of amides is 1. The highest BCUT2D eigenvalue weighted by molar-refractivity contribution is 8.00. The lowest BCUT2D eigenvalue weighted by molar-refractivity contribution is -0.129. The molecular weight excluding hydrogens is 362 g/mol. The normalized spacial score (nSPS) is 11.9. The maximum absolute atomic E-state index is 12.5. The Labute approximate surface area is 156 Å². The van der Waals surface area contributed by atoms with Crippen molar-refractivity contribution in [2.45, 2.75) is 30.5 Å². The van der Waals surface area contributed by atoms with Gasteiger partial charge in [0.25, 0.3) is 0 Å². The minimum absolute atomic E-state index is 0.0337. The van der Waals surface area contributed by atoms with E-state index in [4.69, 9.17) is 20.8 Å². The molecule has 1 atom stereocenters. The van der Waals surface area contributed by atoms with Crippen LogP contribution in [0.3, 0.4) is 0 Å². The number of nitrogens with zero attached hydrogens (tertiary/aromatic N) is 1. The van der Waals surface area contributed by atoms with E-state index in [-0.39, 0.29) is 17.7 Å². The van der Waals surface area contributed by atoms with Crippen molar-refractivity contribution in [2.75, 3.05) is 14.2 Å². The van der Waals surface area contributed by atoms with Gasteiger partial charge in [0.15, 0.2) is 0 Å². The number of benzene rings is 1. The molecule has 0 radical (unpaired) electrons. The van der Waals surface area contributed by atoms with Gasteiger partial charge in [-0.05, 0) is 44.2 Å². The largest absolute Gasteiger partial charge is 0.465 e. The molecule has 1 amide bonds. The van der Waals surface area contributed by atoms with E-state index in [1.165, 1.54) is 18.9 Å². The van der Waals surface area contributed by atoms with Gasteiger partial charge >= 0.3 is 5.97 Å². The Bertz CT molecular complexity index is 757. The fourth-order valence-electron chi connectivity index (χ4n) is 2.32. The monoisotopic (exact) mass is 381 g/mol. The van der Waals surface area contributed by atoms with Crippen molar-refractivity contribution < 1.29 is 18.7 Å². The molecule has 0 saturated carbocycles. The third kappa shape index (κ3) is 5.03. The van der Waals surface area contributed by atoms with Crippen LogP contribution in [-0.4, -0.2) is 36.2 Å². The fraction of sp³-hybridized carbons (Fsp3) is 0.333. The molecule has 25 heavy (non-hydrogen) atoms. The molecule has 1 unspecified atom stereocenters. The van der Waals surface area contributed by atoms with Crippen molar-refractivity contribution >= 4 is 35.2 Å². The van der Waals surface area contributed by atoms with E-state index in [1.54, 1.807) is 37.1 Å². The Morgan fingerprint density at radius 2 is 1.96 bits per heavy atom. The molecule has 1 aromatic carbocycles. The number of thioether (sulfide) groups is 1. The van der Waals surface area contributed by atoms with Crippen LogP contribution >= 0.6 is 23.4 Å². The Hall–Kier alpha value is -1.92. The van der Waals surface area contributed by atoms with Crippen LogP contribution in [0.15, 0.2) is 39.6 Å². The molecule has 0 spiro atoms. The van der Waals surface area contributed by atoms with Crippen molar-refractivity contribution in [2.24, 2.45) is 0 Å². The Balaban J connectivity index is 1.99. The predicted molar refractivity (Wildman–Crippen MR) is 98.0 cm³/mol. The second-order valence-corrected chi connectivity index (χ2v) is 7.43. The highest BCUT2D eigenvalue weighted by Crippen LogP contribution is 2.26. The second kappa shape index (κ2) is 8.45. The summed E-state index contributed by atoms with van der Waals surface area (Å²) in [6.07, 6.45) is 0. The molecule has 7 heteroatoms. The van der Waals surface area contributed by atoms with Gasteiger partial charge in [-0.3, -0.25) is 4.79 Å². The van der Waals surface area contributed by atoms with E-state index in [2.05, 4.69) is 0 Å². The highest BCUT2D eigenvalue weighted by atomic mass is 35.5. The molecular formula is C18H20ClNO4S. The summed E-state index contributed by atoms with van der Waals surface area (Å²) < 4.78 is 10.3. The number of carbonyl (C=O) groups is 2. The summed E-state index contributed by atoms with van der Waals surface area (Å²) in [5, 5.41) is 0.400. The Kier molecular flexibility index (Phi) is 6.56. The summed E-state index contributed by atoms with van der Waals surface area (Å²) in [5.41, 5.74) is 0.377. The first kappa shape index (κ1) is 19.4. The van der Waals surface area contributed by atoms with Gasteiger partial charge in [0.05, 0.1) is 18.9 Å². The standard InChI is InChI=1S/C18H20ClNO4S/c1-11-16(18(22)23-4)9-14(24-11)10-20(3)17(21)12(2)25-15-7-5-13(19)6-8-15/h5-9,12H,10H2,1-4H3. The zero-order valence-corrected chi connectivity index (χ0v) is 16.1. The molecule has 0 fully saturated rings. The summed E-state index contributed by atoms with van der Waals surface area (Å²) in [6, 6.07) is 8.97. The minimum Gasteiger partial charge on any atom is -0.465 e. The number of halogens is 1. The third-order valence-corrected chi connectivity index (χ3v) is 4.97. The van der Waals surface area contributed by atoms with Gasteiger partial charge in [-0.1, -0.05) is 11.6 Å². The van der Waals surface area contributed by atoms with Gasteiger partial charge in [0.2, 0.25) is 5.91 Å². The van der Waals surface area contributed by atoms with E-state index in [9.17, 15) is 9.59 Å². The molecule has 5 nitrogen and oxygen atoms in total. The van der Waals surface area contributed by atoms with Gasteiger partial charge in [-0.25, -0.2) is 4.79 Å². The average molecular weight is 382 g/mol. The lowest BCUT2D eigenvalue weighted by atomic mass is 10.2. The number of furan rings is 1. The molecule has 0 aliphatic carbocycles. The number of methoxy groups -OCH3 is 1. The van der Waals surface area contributed by atoms with Crippen LogP contribution in [0.4, 0.5) is 0 Å². The first-order valence-electron chi connectivity index (χ1n) is 7.66. The van der Waals surface area contributed by atoms with Crippen molar-refractivity contribution in [3.05, 3.63) is 52.4 Å². The maximum Gasteiger partial charge on any atom is 0.341 e. The zero-order valence-electron chi connectivity index (χ0n) is 14.5. The van der Waals surface area contributed by atoms with Gasteiger partial charge < -0.3 is 14.1 Å². The van der Waals surface area contributed by atoms with Crippen LogP contribution in [0, 0.1) is 6.92 Å². The first-order valence-corrected chi connectivity index (χ1v) is 8.92. The van der Waals surface area contributed by atoms with E-state index < -0.39 is 5.97 Å². The smallest absolute Gasteiger partial charge is 0.341 e. The molecule has 0 saturated heterocycles. The number of aryl methyl sites for hydroxylation is 1. The molecule has 1 heterocycles. The lowest BCUT2D eigenvalue weighted by Gasteiger charge is -2.20. The van der Waals surface area contributed by atoms with E-state index in [0.29, 0.717) is 22.1 Å². The van der Waals surface area contributed by atoms with Gasteiger partial charge in [0, 0.05) is 17.0 Å². The summed E-state index contributed by atoms with van der Waals surface area (Å²) in [4.78, 5) is 26.7. The number of ether oxygens (including phenoxy) is 1. The molecule has 2 aromatic rings. The molecule has 1 aromatic heterocycles. The quantitative estimate of drug-likeness (QED) is 0.555. The van der Waals surface area contributed by atoms with Gasteiger partial charge in [-0.15, -0.1) is 11.8 Å². The average Bonchev–Trinajstić information content (AvgIpc) is 2.95. The van der Waals surface area contributed by atoms with Crippen molar-refractivity contribution in [1.82, 2.24) is 4.90 Å². The summed E-state index contributed by atoms with van der Waals surface area (Å²) in [6.45, 7) is 3.82. The number of hydrogen-bond donors (Lipinski definition) is 0. The molecule has 0 N–H and O–H groups in total. The molecule has 0 aliphatic heterocycles. The van der Waals surface area contributed by atoms with Crippen LogP contribution in [0.1, 0.15) is 28.8 Å². The SMILES string of the molecule is COC(=O)c1cc(CN(C)C(=O)C(C)Sc2ccc(Cl)cc2)oc1C. The number of carbonyl (C=O) groups excluding carboxylic acids is 2. The molecule has 0 aliphatic rings.